The van der Waals surface area contributed by atoms with Crippen molar-refractivity contribution >= 4 is 17.3 Å². The van der Waals surface area contributed by atoms with Gasteiger partial charge in [-0.25, -0.2) is 4.79 Å². The molecule has 0 spiro atoms. The number of halogens is 3. The van der Waals surface area contributed by atoms with Crippen molar-refractivity contribution < 1.29 is 27.4 Å². The summed E-state index contributed by atoms with van der Waals surface area (Å²) in [7, 11) is 1.24. The summed E-state index contributed by atoms with van der Waals surface area (Å²) in [6.07, 6.45) is -1.35. The van der Waals surface area contributed by atoms with Gasteiger partial charge < -0.3 is 14.8 Å². The van der Waals surface area contributed by atoms with Crippen molar-refractivity contribution in [2.45, 2.75) is 37.1 Å². The number of methoxy groups -OCH3 is 1. The molecule has 0 amide bonds. The number of carbonyl (C=O) groups is 1. The molecule has 2 atom stereocenters. The summed E-state index contributed by atoms with van der Waals surface area (Å²) in [5.41, 5.74) is -1.36. The number of carbonyl (C=O) groups excluding carboxylic acids is 1. The Labute approximate surface area is 136 Å². The maximum Gasteiger partial charge on any atom is 0.425 e. The summed E-state index contributed by atoms with van der Waals surface area (Å²) in [4.78, 5) is 11.6. The van der Waals surface area contributed by atoms with Gasteiger partial charge in [0.15, 0.2) is 0 Å². The van der Waals surface area contributed by atoms with E-state index in [9.17, 15) is 18.0 Å². The minimum Gasteiger partial charge on any atom is -0.473 e. The van der Waals surface area contributed by atoms with Gasteiger partial charge in [0.25, 0.3) is 0 Å². The Morgan fingerprint density at radius 2 is 2.35 bits per heavy atom. The Morgan fingerprint density at radius 1 is 1.61 bits per heavy atom. The summed E-state index contributed by atoms with van der Waals surface area (Å²) >= 11 is 0.535. The number of alkyl halides is 3. The van der Waals surface area contributed by atoms with Gasteiger partial charge in [-0.3, -0.25) is 0 Å². The van der Waals surface area contributed by atoms with Gasteiger partial charge in [0, 0.05) is 17.9 Å². The Balaban J connectivity index is 2.33. The van der Waals surface area contributed by atoms with E-state index >= 15 is 0 Å². The van der Waals surface area contributed by atoms with E-state index in [1.807, 2.05) is 0 Å². The monoisotopic (exact) mass is 349 g/mol. The van der Waals surface area contributed by atoms with Gasteiger partial charge in [-0.1, -0.05) is 6.08 Å². The van der Waals surface area contributed by atoms with E-state index in [1.54, 1.807) is 6.08 Å². The van der Waals surface area contributed by atoms with E-state index in [-0.39, 0.29) is 5.75 Å². The Bertz CT molecular complexity index is 573. The summed E-state index contributed by atoms with van der Waals surface area (Å²) in [5.74, 6) is -0.582. The smallest absolute Gasteiger partial charge is 0.425 e. The van der Waals surface area contributed by atoms with Crippen LogP contribution in [-0.2, 0) is 15.7 Å². The number of nitrogens with one attached hydrogen (secondary N) is 1. The normalized spacial score (nSPS) is 25.0. The van der Waals surface area contributed by atoms with Crippen molar-refractivity contribution in [1.82, 2.24) is 5.32 Å². The molecule has 0 saturated carbocycles. The van der Waals surface area contributed by atoms with Gasteiger partial charge in [-0.05, 0) is 19.4 Å². The molecule has 8 heteroatoms. The number of hydrogen-bond donors (Lipinski definition) is 1. The minimum absolute atomic E-state index is 0.0190. The zero-order valence-electron chi connectivity index (χ0n) is 12.6. The van der Waals surface area contributed by atoms with Crippen molar-refractivity contribution in [2.75, 3.05) is 13.7 Å². The topological polar surface area (TPSA) is 47.6 Å². The van der Waals surface area contributed by atoms with Crippen molar-refractivity contribution in [1.29, 1.82) is 0 Å². The molecule has 2 heterocycles. The molecular formula is C15H18F3NO3S. The molecule has 4 nitrogen and oxygen atoms in total. The van der Waals surface area contributed by atoms with Crippen molar-refractivity contribution in [3.05, 3.63) is 29.0 Å². The molecule has 1 saturated heterocycles. The van der Waals surface area contributed by atoms with E-state index in [2.05, 4.69) is 11.9 Å². The van der Waals surface area contributed by atoms with Crippen LogP contribution in [0.4, 0.5) is 13.2 Å². The third kappa shape index (κ3) is 3.69. The van der Waals surface area contributed by atoms with Crippen LogP contribution in [0.5, 0.6) is 5.75 Å². The maximum absolute atomic E-state index is 12.7. The van der Waals surface area contributed by atoms with Crippen LogP contribution in [0.15, 0.2) is 24.1 Å². The second kappa shape index (κ2) is 6.92. The van der Waals surface area contributed by atoms with Crippen LogP contribution in [0.3, 0.4) is 0 Å². The van der Waals surface area contributed by atoms with Gasteiger partial charge in [0.1, 0.15) is 10.6 Å². The van der Waals surface area contributed by atoms with Crippen LogP contribution in [0, 0.1) is 0 Å². The van der Waals surface area contributed by atoms with Crippen LogP contribution >= 0.6 is 11.3 Å². The van der Waals surface area contributed by atoms with Crippen LogP contribution in [0.25, 0.3) is 0 Å². The summed E-state index contributed by atoms with van der Waals surface area (Å²) in [6.45, 7) is 4.35. The summed E-state index contributed by atoms with van der Waals surface area (Å²) < 4.78 is 48.8. The lowest BCUT2D eigenvalue weighted by atomic mass is 9.83. The van der Waals surface area contributed by atoms with Gasteiger partial charge in [-0.15, -0.1) is 17.9 Å². The molecule has 0 unspecified atom stereocenters. The molecule has 1 aromatic rings. The van der Waals surface area contributed by atoms with Gasteiger partial charge >= 0.3 is 12.1 Å². The van der Waals surface area contributed by atoms with Crippen molar-refractivity contribution in [2.24, 2.45) is 0 Å². The van der Waals surface area contributed by atoms with Gasteiger partial charge in [0.2, 0.25) is 5.60 Å². The quantitative estimate of drug-likeness (QED) is 0.654. The predicted molar refractivity (Wildman–Crippen MR) is 80.5 cm³/mol. The van der Waals surface area contributed by atoms with Crippen molar-refractivity contribution in [3.63, 3.8) is 0 Å². The zero-order chi connectivity index (χ0) is 17.1. The van der Waals surface area contributed by atoms with Gasteiger partial charge in [0.05, 0.1) is 13.2 Å². The van der Waals surface area contributed by atoms with Crippen LogP contribution in [-0.4, -0.2) is 31.3 Å². The summed E-state index contributed by atoms with van der Waals surface area (Å²) in [5, 5.41) is 4.42. The van der Waals surface area contributed by atoms with E-state index in [0.717, 1.165) is 6.07 Å². The molecule has 2 rings (SSSR count). The maximum atomic E-state index is 12.7. The fourth-order valence-corrected chi connectivity index (χ4v) is 3.40. The van der Waals surface area contributed by atoms with E-state index < -0.39 is 28.7 Å². The standard InChI is InChI=1S/C15H18F3NO3S/c1-3-5-11-14(13(20)21-2,6-4-7-19-11)22-10-8-12(23-9-10)15(16,17)18/h3,8-9,11,19H,1,4-7H2,2H3/t11-,14+/m1/s1. The largest absolute Gasteiger partial charge is 0.473 e. The van der Waals surface area contributed by atoms with Crippen LogP contribution in [0.1, 0.15) is 24.1 Å². The average molecular weight is 349 g/mol. The number of thiophene rings is 1. The molecule has 0 bridgehead atoms. The number of piperidine rings is 1. The third-order valence-corrected chi connectivity index (χ3v) is 4.72. The molecule has 0 aliphatic carbocycles. The summed E-state index contributed by atoms with van der Waals surface area (Å²) in [6, 6.07) is 0.505. The lowest BCUT2D eigenvalue weighted by Gasteiger charge is -2.41. The molecule has 0 radical (unpaired) electrons. The van der Waals surface area contributed by atoms with Crippen LogP contribution < -0.4 is 10.1 Å². The van der Waals surface area contributed by atoms with Gasteiger partial charge in [-0.2, -0.15) is 13.2 Å². The first-order valence-corrected chi connectivity index (χ1v) is 7.99. The number of hydrogen-bond acceptors (Lipinski definition) is 5. The second-order valence-corrected chi connectivity index (χ2v) is 6.17. The molecule has 1 aromatic heterocycles. The lowest BCUT2D eigenvalue weighted by Crippen LogP contribution is -2.63. The minimum atomic E-state index is -4.43. The van der Waals surface area contributed by atoms with E-state index in [1.165, 1.54) is 12.5 Å². The molecular weight excluding hydrogens is 331 g/mol. The highest BCUT2D eigenvalue weighted by Crippen LogP contribution is 2.39. The first kappa shape index (κ1) is 17.8. The SMILES string of the molecule is C=CC[C@H]1NCCC[C@@]1(Oc1csc(C(F)(F)F)c1)C(=O)OC. The third-order valence-electron chi connectivity index (χ3n) is 3.77. The second-order valence-electron chi connectivity index (χ2n) is 5.26. The number of esters is 1. The van der Waals surface area contributed by atoms with Crippen LogP contribution in [0.2, 0.25) is 0 Å². The fourth-order valence-electron chi connectivity index (χ4n) is 2.72. The highest BCUT2D eigenvalue weighted by molar-refractivity contribution is 7.10. The molecule has 128 valence electrons. The Kier molecular flexibility index (Phi) is 5.36. The van der Waals surface area contributed by atoms with E-state index in [0.29, 0.717) is 37.1 Å². The predicted octanol–water partition coefficient (Wildman–Crippen LogP) is 3.39. The van der Waals surface area contributed by atoms with Crippen molar-refractivity contribution in [3.8, 4) is 5.75 Å². The zero-order valence-corrected chi connectivity index (χ0v) is 13.4. The molecule has 1 aliphatic rings. The Morgan fingerprint density at radius 3 is 2.91 bits per heavy atom. The number of rotatable bonds is 5. The first-order valence-electron chi connectivity index (χ1n) is 7.11. The van der Waals surface area contributed by atoms with E-state index in [4.69, 9.17) is 9.47 Å². The molecule has 1 N–H and O–H groups in total. The average Bonchev–Trinajstić information content (AvgIpc) is 2.97. The Hall–Kier alpha value is -1.54. The lowest BCUT2D eigenvalue weighted by molar-refractivity contribution is -0.164. The molecule has 1 aliphatic heterocycles. The molecule has 0 aromatic carbocycles. The molecule has 23 heavy (non-hydrogen) atoms. The highest BCUT2D eigenvalue weighted by Gasteiger charge is 2.50. The molecule has 1 fully saturated rings. The highest BCUT2D eigenvalue weighted by atomic mass is 32.1. The fraction of sp³-hybridized carbons (Fsp3) is 0.533. The number of ether oxygens (including phenoxy) is 2. The first-order chi connectivity index (χ1) is 10.8.